The van der Waals surface area contributed by atoms with E-state index in [2.05, 4.69) is 21.2 Å². The minimum absolute atomic E-state index is 0.137. The average Bonchev–Trinajstić information content (AvgIpc) is 3.33. The molecule has 0 saturated heterocycles. The largest absolute Gasteiger partial charge is 0.352 e. The van der Waals surface area contributed by atoms with Crippen LogP contribution in [0.1, 0.15) is 44.6 Å². The number of halogens is 1. The van der Waals surface area contributed by atoms with Crippen molar-refractivity contribution in [1.82, 2.24) is 10.2 Å². The monoisotopic (exact) mass is 563 g/mol. The molecule has 0 radical (unpaired) electrons. The topological polar surface area (TPSA) is 86.8 Å². The lowest BCUT2D eigenvalue weighted by Gasteiger charge is -2.33. The number of benzene rings is 2. The molecule has 2 aromatic carbocycles. The van der Waals surface area contributed by atoms with E-state index >= 15 is 0 Å². The lowest BCUT2D eigenvalue weighted by molar-refractivity contribution is -0.139. The van der Waals surface area contributed by atoms with Crippen LogP contribution in [-0.4, -0.2) is 56.6 Å². The number of hydrogen-bond acceptors (Lipinski definition) is 4. The molecule has 0 spiro atoms. The maximum atomic E-state index is 13.6. The van der Waals surface area contributed by atoms with Gasteiger partial charge >= 0.3 is 0 Å². The highest BCUT2D eigenvalue weighted by Crippen LogP contribution is 2.22. The number of hydrogen-bond donors (Lipinski definition) is 1. The first-order valence-electron chi connectivity index (χ1n) is 12.1. The molecule has 1 N–H and O–H groups in total. The summed E-state index contributed by atoms with van der Waals surface area (Å²) in [7, 11) is -3.73. The van der Waals surface area contributed by atoms with Crippen molar-refractivity contribution in [3.63, 3.8) is 0 Å². The van der Waals surface area contributed by atoms with Crippen molar-refractivity contribution in [2.24, 2.45) is 0 Å². The van der Waals surface area contributed by atoms with Crippen molar-refractivity contribution in [1.29, 1.82) is 0 Å². The Kier molecular flexibility index (Phi) is 9.74. The summed E-state index contributed by atoms with van der Waals surface area (Å²) >= 11 is 3.35. The van der Waals surface area contributed by atoms with Crippen LogP contribution >= 0.6 is 15.9 Å². The molecule has 0 bridgehead atoms. The summed E-state index contributed by atoms with van der Waals surface area (Å²) in [4.78, 5) is 28.4. The second-order valence-corrected chi connectivity index (χ2v) is 11.8. The molecule has 0 unspecified atom stereocenters. The lowest BCUT2D eigenvalue weighted by atomic mass is 10.1. The zero-order valence-corrected chi connectivity index (χ0v) is 22.7. The fraction of sp³-hybridized carbons (Fsp3) is 0.462. The van der Waals surface area contributed by atoms with Gasteiger partial charge in [0.15, 0.2) is 0 Å². The van der Waals surface area contributed by atoms with E-state index in [1.807, 2.05) is 37.3 Å². The van der Waals surface area contributed by atoms with Gasteiger partial charge in [0.05, 0.1) is 11.9 Å². The van der Waals surface area contributed by atoms with E-state index in [-0.39, 0.29) is 18.5 Å². The second kappa shape index (κ2) is 12.5. The van der Waals surface area contributed by atoms with Gasteiger partial charge in [0.2, 0.25) is 21.8 Å². The van der Waals surface area contributed by atoms with Crippen LogP contribution in [0.25, 0.3) is 0 Å². The van der Waals surface area contributed by atoms with Gasteiger partial charge in [0.25, 0.3) is 0 Å². The molecular formula is C26H34BrN3O4S. The number of rotatable bonds is 11. The van der Waals surface area contributed by atoms with Crippen molar-refractivity contribution in [3.8, 4) is 0 Å². The quantitative estimate of drug-likeness (QED) is 0.445. The Labute approximate surface area is 217 Å². The summed E-state index contributed by atoms with van der Waals surface area (Å²) in [6, 6.07) is 16.0. The zero-order chi connectivity index (χ0) is 25.4. The standard InChI is InChI=1S/C26H34BrN3O4S/c1-3-24(26(32)28-22-11-7-8-12-22)29(18-17-20-9-5-4-6-10-20)25(31)19-30(35(2,33)34)23-15-13-21(27)14-16-23/h4-6,9-10,13-16,22,24H,3,7-8,11-12,17-19H2,1-2H3,(H,28,32)/t24-/m1/s1. The highest BCUT2D eigenvalue weighted by molar-refractivity contribution is 9.10. The van der Waals surface area contributed by atoms with E-state index in [9.17, 15) is 18.0 Å². The van der Waals surface area contributed by atoms with Crippen molar-refractivity contribution in [3.05, 3.63) is 64.6 Å². The Bertz CT molecular complexity index is 1090. The molecule has 0 aliphatic heterocycles. The van der Waals surface area contributed by atoms with Gasteiger partial charge < -0.3 is 10.2 Å². The third kappa shape index (κ3) is 7.80. The molecule has 1 aliphatic carbocycles. The van der Waals surface area contributed by atoms with Crippen LogP contribution in [0, 0.1) is 0 Å². The Morgan fingerprint density at radius 1 is 1.06 bits per heavy atom. The van der Waals surface area contributed by atoms with E-state index < -0.39 is 22.0 Å². The molecule has 1 atom stereocenters. The first-order valence-corrected chi connectivity index (χ1v) is 14.7. The predicted octanol–water partition coefficient (Wildman–Crippen LogP) is 4.12. The van der Waals surface area contributed by atoms with E-state index in [4.69, 9.17) is 0 Å². The summed E-state index contributed by atoms with van der Waals surface area (Å²) < 4.78 is 27.1. The van der Waals surface area contributed by atoms with Gasteiger partial charge in [-0.1, -0.05) is 66.0 Å². The fourth-order valence-electron chi connectivity index (χ4n) is 4.48. The van der Waals surface area contributed by atoms with Crippen LogP contribution in [-0.2, 0) is 26.0 Å². The van der Waals surface area contributed by atoms with E-state index in [0.717, 1.165) is 46.3 Å². The van der Waals surface area contributed by atoms with Gasteiger partial charge in [0.1, 0.15) is 12.6 Å². The molecule has 9 heteroatoms. The summed E-state index contributed by atoms with van der Waals surface area (Å²) in [5.74, 6) is -0.571. The van der Waals surface area contributed by atoms with Crippen molar-refractivity contribution >= 4 is 43.5 Å². The number of nitrogens with one attached hydrogen (secondary N) is 1. The van der Waals surface area contributed by atoms with E-state index in [1.54, 1.807) is 29.2 Å². The lowest BCUT2D eigenvalue weighted by Crippen LogP contribution is -2.54. The van der Waals surface area contributed by atoms with Gasteiger partial charge in [-0.3, -0.25) is 13.9 Å². The number of sulfonamides is 1. The molecule has 2 amide bonds. The maximum absolute atomic E-state index is 13.6. The molecule has 0 heterocycles. The first-order chi connectivity index (χ1) is 16.7. The molecule has 35 heavy (non-hydrogen) atoms. The molecule has 7 nitrogen and oxygen atoms in total. The molecule has 2 aromatic rings. The van der Waals surface area contributed by atoms with E-state index in [1.165, 1.54) is 0 Å². The molecule has 1 aliphatic rings. The van der Waals surface area contributed by atoms with Crippen molar-refractivity contribution in [2.45, 2.75) is 57.5 Å². The Morgan fingerprint density at radius 2 is 1.69 bits per heavy atom. The van der Waals surface area contributed by atoms with Crippen LogP contribution in [0.3, 0.4) is 0 Å². The summed E-state index contributed by atoms with van der Waals surface area (Å²) in [6.45, 7) is 1.82. The normalized spacial score (nSPS) is 14.9. The van der Waals surface area contributed by atoms with Gasteiger partial charge in [-0.15, -0.1) is 0 Å². The van der Waals surface area contributed by atoms with Gasteiger partial charge in [0, 0.05) is 17.1 Å². The van der Waals surface area contributed by atoms with Crippen molar-refractivity contribution in [2.75, 3.05) is 23.7 Å². The van der Waals surface area contributed by atoms with Crippen LogP contribution in [0.4, 0.5) is 5.69 Å². The molecule has 3 rings (SSSR count). The van der Waals surface area contributed by atoms with Crippen LogP contribution in [0.5, 0.6) is 0 Å². The number of amides is 2. The zero-order valence-electron chi connectivity index (χ0n) is 20.3. The third-order valence-electron chi connectivity index (χ3n) is 6.37. The smallest absolute Gasteiger partial charge is 0.244 e. The number of carbonyl (C=O) groups excluding carboxylic acids is 2. The summed E-state index contributed by atoms with van der Waals surface area (Å²) in [5.41, 5.74) is 1.44. The van der Waals surface area contributed by atoms with E-state index in [0.29, 0.717) is 25.1 Å². The number of nitrogens with zero attached hydrogens (tertiary/aromatic N) is 2. The highest BCUT2D eigenvalue weighted by Gasteiger charge is 2.32. The average molecular weight is 565 g/mol. The Balaban J connectivity index is 1.85. The van der Waals surface area contributed by atoms with Crippen LogP contribution < -0.4 is 9.62 Å². The maximum Gasteiger partial charge on any atom is 0.244 e. The fourth-order valence-corrected chi connectivity index (χ4v) is 5.60. The minimum atomic E-state index is -3.73. The third-order valence-corrected chi connectivity index (χ3v) is 8.03. The molecule has 190 valence electrons. The molecular weight excluding hydrogens is 530 g/mol. The van der Waals surface area contributed by atoms with Crippen molar-refractivity contribution < 1.29 is 18.0 Å². The van der Waals surface area contributed by atoms with Crippen LogP contribution in [0.15, 0.2) is 59.1 Å². The Hall–Kier alpha value is -2.39. The Morgan fingerprint density at radius 3 is 2.26 bits per heavy atom. The predicted molar refractivity (Wildman–Crippen MR) is 143 cm³/mol. The first kappa shape index (κ1) is 27.2. The van der Waals surface area contributed by atoms with Gasteiger partial charge in [-0.25, -0.2) is 8.42 Å². The highest BCUT2D eigenvalue weighted by atomic mass is 79.9. The SMILES string of the molecule is CC[C@H](C(=O)NC1CCCC1)N(CCc1ccccc1)C(=O)CN(c1ccc(Br)cc1)S(C)(=O)=O. The van der Waals surface area contributed by atoms with Gasteiger partial charge in [-0.05, 0) is 55.5 Å². The molecule has 1 saturated carbocycles. The van der Waals surface area contributed by atoms with Crippen LogP contribution in [0.2, 0.25) is 0 Å². The second-order valence-electron chi connectivity index (χ2n) is 8.98. The minimum Gasteiger partial charge on any atom is -0.352 e. The number of carbonyl (C=O) groups is 2. The summed E-state index contributed by atoms with van der Waals surface area (Å²) in [5, 5.41) is 3.11. The summed E-state index contributed by atoms with van der Waals surface area (Å²) in [6.07, 6.45) is 6.18. The number of anilines is 1. The van der Waals surface area contributed by atoms with Gasteiger partial charge in [-0.2, -0.15) is 0 Å². The molecule has 1 fully saturated rings. The molecule has 0 aromatic heterocycles.